The van der Waals surface area contributed by atoms with Gasteiger partial charge in [0, 0.05) is 18.8 Å². The van der Waals surface area contributed by atoms with E-state index < -0.39 is 5.92 Å². The van der Waals surface area contributed by atoms with Crippen LogP contribution < -0.4 is 4.90 Å². The lowest BCUT2D eigenvalue weighted by molar-refractivity contribution is 0.525. The number of anilines is 1. The highest BCUT2D eigenvalue weighted by atomic mass is 16.3. The minimum absolute atomic E-state index is 0.190. The van der Waals surface area contributed by atoms with Gasteiger partial charge in [-0.15, -0.1) is 0 Å². The van der Waals surface area contributed by atoms with Crippen molar-refractivity contribution >= 4 is 17.0 Å². The predicted molar refractivity (Wildman–Crippen MR) is 111 cm³/mol. The van der Waals surface area contributed by atoms with Crippen LogP contribution in [0.25, 0.3) is 11.1 Å². The van der Waals surface area contributed by atoms with Crippen LogP contribution >= 0.6 is 0 Å². The monoisotopic (exact) mass is 383 g/mol. The zero-order valence-corrected chi connectivity index (χ0v) is 16.4. The molecule has 2 heterocycles. The van der Waals surface area contributed by atoms with Gasteiger partial charge in [-0.05, 0) is 37.6 Å². The summed E-state index contributed by atoms with van der Waals surface area (Å²) in [5.41, 5.74) is 3.13. The first-order chi connectivity index (χ1) is 14.2. The Kier molecular flexibility index (Phi) is 5.21. The predicted octanol–water partition coefficient (Wildman–Crippen LogP) is 4.69. The normalized spacial score (nSPS) is 12.1. The molecule has 1 unspecified atom stereocenters. The summed E-state index contributed by atoms with van der Waals surface area (Å²) in [5, 5.41) is 9.81. The van der Waals surface area contributed by atoms with Gasteiger partial charge >= 0.3 is 0 Å². The lowest BCUT2D eigenvalue weighted by atomic mass is 10.1. The topological polar surface area (TPSA) is 78.8 Å². The highest BCUT2D eigenvalue weighted by Gasteiger charge is 2.23. The Bertz CT molecular complexity index is 1110. The molecule has 0 N–H and O–H groups in total. The molecular formula is C23H21N5O. The van der Waals surface area contributed by atoms with E-state index in [0.717, 1.165) is 5.52 Å². The standard InChI is InChI=1S/C23H21N5O/c1-16(2)28(15-17-8-4-3-5-9-17)23-25-13-12-19(27-23)18(14-24)22-26-20-10-6-7-11-21(20)29-22/h3-13,16,18H,15H2,1-2H3. The van der Waals surface area contributed by atoms with Gasteiger partial charge < -0.3 is 9.32 Å². The first kappa shape index (κ1) is 18.6. The Morgan fingerprint density at radius 1 is 1.00 bits per heavy atom. The summed E-state index contributed by atoms with van der Waals surface area (Å²) >= 11 is 0. The Morgan fingerprint density at radius 3 is 2.48 bits per heavy atom. The molecule has 4 aromatic rings. The molecule has 2 aromatic heterocycles. The summed E-state index contributed by atoms with van der Waals surface area (Å²) in [7, 11) is 0. The van der Waals surface area contributed by atoms with Crippen molar-refractivity contribution in [1.82, 2.24) is 15.0 Å². The maximum atomic E-state index is 9.81. The fraction of sp³-hybridized carbons (Fsp3) is 0.217. The van der Waals surface area contributed by atoms with E-state index in [9.17, 15) is 5.26 Å². The number of hydrogen-bond acceptors (Lipinski definition) is 6. The van der Waals surface area contributed by atoms with Crippen LogP contribution in [0.1, 0.15) is 36.9 Å². The van der Waals surface area contributed by atoms with Crippen LogP contribution in [0, 0.1) is 11.3 Å². The van der Waals surface area contributed by atoms with Gasteiger partial charge in [-0.3, -0.25) is 0 Å². The smallest absolute Gasteiger partial charge is 0.226 e. The van der Waals surface area contributed by atoms with E-state index in [1.807, 2.05) is 42.5 Å². The van der Waals surface area contributed by atoms with Crippen LogP contribution in [0.2, 0.25) is 0 Å². The maximum absolute atomic E-state index is 9.81. The molecular weight excluding hydrogens is 362 g/mol. The molecule has 2 aromatic carbocycles. The van der Waals surface area contributed by atoms with Gasteiger partial charge in [0.1, 0.15) is 5.52 Å². The number of fused-ring (bicyclic) bond motifs is 1. The molecule has 4 rings (SSSR count). The molecule has 0 radical (unpaired) electrons. The Hall–Kier alpha value is -3.72. The number of hydrogen-bond donors (Lipinski definition) is 0. The molecule has 0 saturated heterocycles. The Labute approximate surface area is 169 Å². The van der Waals surface area contributed by atoms with Crippen molar-refractivity contribution in [2.45, 2.75) is 32.4 Å². The van der Waals surface area contributed by atoms with Crippen LogP contribution in [0.5, 0.6) is 0 Å². The highest BCUT2D eigenvalue weighted by molar-refractivity contribution is 5.72. The number of benzene rings is 2. The summed E-state index contributed by atoms with van der Waals surface area (Å²) in [6.07, 6.45) is 1.69. The van der Waals surface area contributed by atoms with Crippen LogP contribution in [0.3, 0.4) is 0 Å². The third-order valence-corrected chi connectivity index (χ3v) is 4.72. The number of aromatic nitrogens is 3. The van der Waals surface area contributed by atoms with E-state index >= 15 is 0 Å². The average molecular weight is 383 g/mol. The molecule has 0 aliphatic rings. The maximum Gasteiger partial charge on any atom is 0.226 e. The van der Waals surface area contributed by atoms with Gasteiger partial charge in [-0.1, -0.05) is 42.5 Å². The second-order valence-corrected chi connectivity index (χ2v) is 7.07. The second kappa shape index (κ2) is 8.11. The largest absolute Gasteiger partial charge is 0.439 e. The highest BCUT2D eigenvalue weighted by Crippen LogP contribution is 2.27. The van der Waals surface area contributed by atoms with Gasteiger partial charge in [-0.2, -0.15) is 5.26 Å². The molecule has 0 fully saturated rings. The van der Waals surface area contributed by atoms with Gasteiger partial charge in [0.25, 0.3) is 0 Å². The van der Waals surface area contributed by atoms with E-state index in [-0.39, 0.29) is 6.04 Å². The van der Waals surface area contributed by atoms with Gasteiger partial charge in [0.15, 0.2) is 11.5 Å². The van der Waals surface area contributed by atoms with Crippen molar-refractivity contribution in [3.8, 4) is 6.07 Å². The number of nitrogens with zero attached hydrogens (tertiary/aromatic N) is 5. The molecule has 144 valence electrons. The SMILES string of the molecule is CC(C)N(Cc1ccccc1)c1nccc(C(C#N)c2nc3ccccc3o2)n1. The molecule has 29 heavy (non-hydrogen) atoms. The first-order valence-electron chi connectivity index (χ1n) is 9.54. The third kappa shape index (κ3) is 3.94. The van der Waals surface area contributed by atoms with E-state index in [1.54, 1.807) is 12.3 Å². The lowest BCUT2D eigenvalue weighted by Crippen LogP contribution is -2.32. The fourth-order valence-electron chi connectivity index (χ4n) is 3.19. The van der Waals surface area contributed by atoms with Crippen molar-refractivity contribution in [2.75, 3.05) is 4.90 Å². The van der Waals surface area contributed by atoms with E-state index in [1.165, 1.54) is 5.56 Å². The molecule has 0 spiro atoms. The number of oxazole rings is 1. The number of nitriles is 1. The van der Waals surface area contributed by atoms with Gasteiger partial charge in [0.05, 0.1) is 11.8 Å². The third-order valence-electron chi connectivity index (χ3n) is 4.72. The summed E-state index contributed by atoms with van der Waals surface area (Å²) < 4.78 is 5.81. The van der Waals surface area contributed by atoms with Crippen molar-refractivity contribution in [1.29, 1.82) is 5.26 Å². The Balaban J connectivity index is 1.68. The average Bonchev–Trinajstić information content (AvgIpc) is 3.17. The minimum Gasteiger partial charge on any atom is -0.439 e. The molecule has 0 aliphatic heterocycles. The van der Waals surface area contributed by atoms with Gasteiger partial charge in [0.2, 0.25) is 11.8 Å². The second-order valence-electron chi connectivity index (χ2n) is 7.07. The molecule has 0 bridgehead atoms. The van der Waals surface area contributed by atoms with Crippen molar-refractivity contribution in [3.05, 3.63) is 84.0 Å². The minimum atomic E-state index is -0.699. The van der Waals surface area contributed by atoms with Crippen molar-refractivity contribution in [3.63, 3.8) is 0 Å². The summed E-state index contributed by atoms with van der Waals surface area (Å²) in [6, 6.07) is 21.9. The summed E-state index contributed by atoms with van der Waals surface area (Å²) in [6.45, 7) is 4.88. The van der Waals surface area contributed by atoms with Crippen molar-refractivity contribution < 1.29 is 4.42 Å². The van der Waals surface area contributed by atoms with E-state index in [0.29, 0.717) is 29.7 Å². The van der Waals surface area contributed by atoms with Crippen LogP contribution in [-0.2, 0) is 6.54 Å². The zero-order valence-electron chi connectivity index (χ0n) is 16.4. The number of rotatable bonds is 6. The van der Waals surface area contributed by atoms with Crippen molar-refractivity contribution in [2.24, 2.45) is 0 Å². The molecule has 0 amide bonds. The molecule has 6 nitrogen and oxygen atoms in total. The van der Waals surface area contributed by atoms with Crippen LogP contribution in [-0.4, -0.2) is 21.0 Å². The summed E-state index contributed by atoms with van der Waals surface area (Å²) in [5.74, 6) is 0.227. The van der Waals surface area contributed by atoms with Crippen LogP contribution in [0.15, 0.2) is 71.3 Å². The molecule has 0 aliphatic carbocycles. The number of para-hydroxylation sites is 2. The van der Waals surface area contributed by atoms with Crippen LogP contribution in [0.4, 0.5) is 5.95 Å². The first-order valence-corrected chi connectivity index (χ1v) is 9.54. The fourth-order valence-corrected chi connectivity index (χ4v) is 3.19. The van der Waals surface area contributed by atoms with E-state index in [4.69, 9.17) is 9.40 Å². The molecule has 6 heteroatoms. The quantitative estimate of drug-likeness (QED) is 0.481. The molecule has 0 saturated carbocycles. The zero-order chi connectivity index (χ0) is 20.2. The molecule has 1 atom stereocenters. The van der Waals surface area contributed by atoms with E-state index in [2.05, 4.69) is 46.9 Å². The Morgan fingerprint density at radius 2 is 1.76 bits per heavy atom. The van der Waals surface area contributed by atoms with Gasteiger partial charge in [-0.25, -0.2) is 15.0 Å². The lowest BCUT2D eigenvalue weighted by Gasteiger charge is -2.27. The summed E-state index contributed by atoms with van der Waals surface area (Å²) in [4.78, 5) is 15.8.